The first-order chi connectivity index (χ1) is 9.08. The van der Waals surface area contributed by atoms with E-state index in [0.29, 0.717) is 5.84 Å². The fourth-order valence-electron chi connectivity index (χ4n) is 1.64. The lowest BCUT2D eigenvalue weighted by Gasteiger charge is -2.23. The highest BCUT2D eigenvalue weighted by Gasteiger charge is 2.11. The first kappa shape index (κ1) is 15.1. The number of benzene rings is 1. The standard InChI is InChI=1S/C13H17N3O2S/c1-3-16(4-2)11(10-8-6-5-7-9-10)14-12(19)15-13(17)18/h5-9H,3-4H2,1-2H3,(H,15,19)(H,17,18). The number of rotatable bonds is 3. The van der Waals surface area contributed by atoms with Crippen LogP contribution in [0.4, 0.5) is 4.79 Å². The van der Waals surface area contributed by atoms with Crippen molar-refractivity contribution in [2.75, 3.05) is 13.1 Å². The minimum absolute atomic E-state index is 0.0572. The molecule has 0 radical (unpaired) electrons. The molecule has 6 heteroatoms. The number of amidine groups is 1. The van der Waals surface area contributed by atoms with Crippen LogP contribution >= 0.6 is 12.2 Å². The van der Waals surface area contributed by atoms with Gasteiger partial charge in [0.1, 0.15) is 5.84 Å². The van der Waals surface area contributed by atoms with Crippen molar-refractivity contribution in [3.05, 3.63) is 35.9 Å². The lowest BCUT2D eigenvalue weighted by Crippen LogP contribution is -2.34. The summed E-state index contributed by atoms with van der Waals surface area (Å²) in [6.07, 6.45) is -1.21. The van der Waals surface area contributed by atoms with Crippen LogP contribution in [-0.4, -0.2) is 40.1 Å². The van der Waals surface area contributed by atoms with Gasteiger partial charge >= 0.3 is 6.09 Å². The molecule has 0 aliphatic rings. The predicted molar refractivity (Wildman–Crippen MR) is 79.7 cm³/mol. The molecule has 0 saturated carbocycles. The number of carboxylic acid groups (broad SMARTS) is 1. The summed E-state index contributed by atoms with van der Waals surface area (Å²) >= 11 is 4.92. The number of aliphatic imine (C=N–C) groups is 1. The Morgan fingerprint density at radius 2 is 1.89 bits per heavy atom. The van der Waals surface area contributed by atoms with Gasteiger partial charge in [0, 0.05) is 18.7 Å². The molecule has 0 heterocycles. The molecule has 19 heavy (non-hydrogen) atoms. The van der Waals surface area contributed by atoms with Crippen molar-refractivity contribution in [1.29, 1.82) is 0 Å². The molecule has 0 aromatic heterocycles. The van der Waals surface area contributed by atoms with Gasteiger partial charge in [-0.3, -0.25) is 5.32 Å². The van der Waals surface area contributed by atoms with E-state index in [1.807, 2.05) is 49.1 Å². The van der Waals surface area contributed by atoms with E-state index >= 15 is 0 Å². The number of hydrogen-bond donors (Lipinski definition) is 2. The molecule has 0 fully saturated rings. The van der Waals surface area contributed by atoms with Crippen LogP contribution in [0.3, 0.4) is 0 Å². The Bertz CT molecular complexity index is 470. The number of amides is 1. The largest absolute Gasteiger partial charge is 0.465 e. The van der Waals surface area contributed by atoms with Crippen LogP contribution in [0.25, 0.3) is 0 Å². The van der Waals surface area contributed by atoms with Crippen molar-refractivity contribution < 1.29 is 9.90 Å². The molecule has 0 aliphatic carbocycles. The van der Waals surface area contributed by atoms with Crippen LogP contribution in [0.5, 0.6) is 0 Å². The molecule has 1 aromatic rings. The van der Waals surface area contributed by atoms with E-state index in [-0.39, 0.29) is 5.11 Å². The molecule has 0 saturated heterocycles. The summed E-state index contributed by atoms with van der Waals surface area (Å²) in [4.78, 5) is 16.8. The third-order valence-electron chi connectivity index (χ3n) is 2.52. The van der Waals surface area contributed by atoms with E-state index in [1.54, 1.807) is 0 Å². The Kier molecular flexibility index (Phi) is 5.95. The Labute approximate surface area is 118 Å². The van der Waals surface area contributed by atoms with Gasteiger partial charge in [0.25, 0.3) is 0 Å². The smallest absolute Gasteiger partial charge is 0.410 e. The Hall–Kier alpha value is -1.95. The van der Waals surface area contributed by atoms with Crippen LogP contribution in [0.2, 0.25) is 0 Å². The summed E-state index contributed by atoms with van der Waals surface area (Å²) < 4.78 is 0. The van der Waals surface area contributed by atoms with Crippen molar-refractivity contribution in [2.24, 2.45) is 4.99 Å². The highest BCUT2D eigenvalue weighted by Crippen LogP contribution is 2.06. The van der Waals surface area contributed by atoms with Crippen molar-refractivity contribution in [3.63, 3.8) is 0 Å². The molecular weight excluding hydrogens is 262 g/mol. The van der Waals surface area contributed by atoms with Crippen molar-refractivity contribution in [2.45, 2.75) is 13.8 Å². The van der Waals surface area contributed by atoms with Gasteiger partial charge in [-0.25, -0.2) is 9.79 Å². The SMILES string of the molecule is CCN(CC)C(=NC(=S)NC(=O)O)c1ccccc1. The zero-order valence-electron chi connectivity index (χ0n) is 11.0. The molecule has 1 amide bonds. The summed E-state index contributed by atoms with van der Waals surface area (Å²) in [5.41, 5.74) is 0.903. The zero-order valence-corrected chi connectivity index (χ0v) is 11.8. The third-order valence-corrected chi connectivity index (χ3v) is 2.71. The van der Waals surface area contributed by atoms with E-state index in [9.17, 15) is 4.79 Å². The number of nitrogens with one attached hydrogen (secondary N) is 1. The van der Waals surface area contributed by atoms with Gasteiger partial charge < -0.3 is 10.0 Å². The van der Waals surface area contributed by atoms with E-state index in [2.05, 4.69) is 10.3 Å². The van der Waals surface area contributed by atoms with E-state index in [1.165, 1.54) is 0 Å². The Morgan fingerprint density at radius 1 is 1.32 bits per heavy atom. The first-order valence-electron chi connectivity index (χ1n) is 6.01. The molecule has 0 aliphatic heterocycles. The van der Waals surface area contributed by atoms with Gasteiger partial charge in [-0.05, 0) is 26.1 Å². The summed E-state index contributed by atoms with van der Waals surface area (Å²) in [7, 11) is 0. The molecule has 1 aromatic carbocycles. The quantitative estimate of drug-likeness (QED) is 0.506. The third kappa shape index (κ3) is 4.67. The van der Waals surface area contributed by atoms with Crippen LogP contribution in [0.1, 0.15) is 19.4 Å². The summed E-state index contributed by atoms with van der Waals surface area (Å²) in [5.74, 6) is 0.671. The maximum Gasteiger partial charge on any atom is 0.410 e. The number of nitrogens with zero attached hydrogens (tertiary/aromatic N) is 2. The number of hydrogen-bond acceptors (Lipinski definition) is 2. The average Bonchev–Trinajstić information content (AvgIpc) is 2.39. The van der Waals surface area contributed by atoms with Crippen molar-refractivity contribution in [1.82, 2.24) is 10.2 Å². The predicted octanol–water partition coefficient (Wildman–Crippen LogP) is 2.33. The minimum Gasteiger partial charge on any atom is -0.465 e. The van der Waals surface area contributed by atoms with E-state index < -0.39 is 6.09 Å². The molecule has 0 unspecified atom stereocenters. The lowest BCUT2D eigenvalue weighted by molar-refractivity contribution is 0.200. The normalized spacial score (nSPS) is 10.9. The summed E-state index contributed by atoms with van der Waals surface area (Å²) in [6.45, 7) is 5.55. The highest BCUT2D eigenvalue weighted by molar-refractivity contribution is 7.80. The molecule has 0 atom stereocenters. The molecule has 1 rings (SSSR count). The van der Waals surface area contributed by atoms with Gasteiger partial charge in [-0.15, -0.1) is 0 Å². The fraction of sp³-hybridized carbons (Fsp3) is 0.308. The van der Waals surface area contributed by atoms with Gasteiger partial charge in [0.15, 0.2) is 0 Å². The second-order valence-electron chi connectivity index (χ2n) is 3.71. The van der Waals surface area contributed by atoms with Crippen LogP contribution in [0.15, 0.2) is 35.3 Å². The number of carbonyl (C=O) groups is 1. The summed E-state index contributed by atoms with van der Waals surface area (Å²) in [5, 5.41) is 10.7. The molecule has 2 N–H and O–H groups in total. The minimum atomic E-state index is -1.21. The lowest BCUT2D eigenvalue weighted by atomic mass is 10.2. The van der Waals surface area contributed by atoms with Gasteiger partial charge in [0.05, 0.1) is 0 Å². The monoisotopic (exact) mass is 279 g/mol. The number of thiocarbonyl (C=S) groups is 1. The van der Waals surface area contributed by atoms with E-state index in [0.717, 1.165) is 18.7 Å². The molecule has 5 nitrogen and oxygen atoms in total. The Balaban J connectivity index is 3.09. The fourth-order valence-corrected chi connectivity index (χ4v) is 1.82. The van der Waals surface area contributed by atoms with E-state index in [4.69, 9.17) is 17.3 Å². The highest BCUT2D eigenvalue weighted by atomic mass is 32.1. The molecule has 0 spiro atoms. The Morgan fingerprint density at radius 3 is 2.37 bits per heavy atom. The van der Waals surface area contributed by atoms with Crippen molar-refractivity contribution in [3.8, 4) is 0 Å². The van der Waals surface area contributed by atoms with Crippen LogP contribution in [0, 0.1) is 0 Å². The van der Waals surface area contributed by atoms with Crippen molar-refractivity contribution >= 4 is 29.3 Å². The van der Waals surface area contributed by atoms with Crippen LogP contribution < -0.4 is 5.32 Å². The van der Waals surface area contributed by atoms with Crippen LogP contribution in [-0.2, 0) is 0 Å². The van der Waals surface area contributed by atoms with Gasteiger partial charge in [-0.1, -0.05) is 30.3 Å². The first-order valence-corrected chi connectivity index (χ1v) is 6.42. The zero-order chi connectivity index (χ0) is 14.3. The second kappa shape index (κ2) is 7.48. The second-order valence-corrected chi connectivity index (χ2v) is 4.10. The maximum atomic E-state index is 10.6. The molecule has 102 valence electrons. The maximum absolute atomic E-state index is 10.6. The topological polar surface area (TPSA) is 64.9 Å². The summed E-state index contributed by atoms with van der Waals surface area (Å²) in [6, 6.07) is 9.56. The average molecular weight is 279 g/mol. The molecule has 0 bridgehead atoms. The van der Waals surface area contributed by atoms with Gasteiger partial charge in [0.2, 0.25) is 5.11 Å². The van der Waals surface area contributed by atoms with Gasteiger partial charge in [-0.2, -0.15) is 0 Å². The molecular formula is C13H17N3O2S.